The zero-order valence-electron chi connectivity index (χ0n) is 14.5. The number of benzene rings is 2. The van der Waals surface area contributed by atoms with Gasteiger partial charge < -0.3 is 10.1 Å². The summed E-state index contributed by atoms with van der Waals surface area (Å²) in [4.78, 5) is 24.8. The molecule has 1 aliphatic heterocycles. The molecule has 0 radical (unpaired) electrons. The van der Waals surface area contributed by atoms with Crippen molar-refractivity contribution in [2.45, 2.75) is 10.8 Å². The topological polar surface area (TPSA) is 116 Å². The molecule has 0 fully saturated rings. The van der Waals surface area contributed by atoms with Gasteiger partial charge in [0.15, 0.2) is 0 Å². The summed E-state index contributed by atoms with van der Waals surface area (Å²) in [7, 11) is -2.57. The van der Waals surface area contributed by atoms with Crippen molar-refractivity contribution >= 4 is 27.6 Å². The predicted molar refractivity (Wildman–Crippen MR) is 98.6 cm³/mol. The van der Waals surface area contributed by atoms with Crippen molar-refractivity contribution in [1.82, 2.24) is 5.32 Å². The summed E-state index contributed by atoms with van der Waals surface area (Å²) in [5.74, 6) is -2.63. The Hall–Kier alpha value is -2.97. The summed E-state index contributed by atoms with van der Waals surface area (Å²) in [5, 5.41) is 7.81. The van der Waals surface area contributed by atoms with Gasteiger partial charge in [0, 0.05) is 11.6 Å². The molecule has 1 aliphatic rings. The average Bonchev–Trinajstić information content (AvgIpc) is 2.67. The molecule has 2 aromatic carbocycles. The van der Waals surface area contributed by atoms with E-state index < -0.39 is 33.7 Å². The number of ether oxygens (including phenoxy) is 1. The van der Waals surface area contributed by atoms with E-state index in [4.69, 9.17) is 9.88 Å². The van der Waals surface area contributed by atoms with E-state index in [0.717, 1.165) is 5.56 Å². The van der Waals surface area contributed by atoms with Gasteiger partial charge in [0.2, 0.25) is 15.9 Å². The molecule has 0 spiro atoms. The number of rotatable bonds is 4. The number of amides is 1. The number of sulfonamides is 1. The number of carbonyl (C=O) groups excluding carboxylic acids is 2. The molecule has 0 saturated carbocycles. The molecule has 0 aromatic heterocycles. The minimum absolute atomic E-state index is 0.0268. The molecule has 2 unspecified atom stereocenters. The summed E-state index contributed by atoms with van der Waals surface area (Å²) in [5.41, 5.74) is 1.87. The smallest absolute Gasteiger partial charge is 0.319 e. The SMILES string of the molecule is COC(=O)C1C(=O)NC(c2ccc(S(N)(=O)=O)cc2)=CC1c1ccccc1. The maximum absolute atomic E-state index is 12.6. The lowest BCUT2D eigenvalue weighted by molar-refractivity contribution is -0.150. The quantitative estimate of drug-likeness (QED) is 0.608. The lowest BCUT2D eigenvalue weighted by Crippen LogP contribution is -2.42. The van der Waals surface area contributed by atoms with E-state index in [1.54, 1.807) is 18.2 Å². The molecule has 8 heteroatoms. The first-order valence-electron chi connectivity index (χ1n) is 8.10. The van der Waals surface area contributed by atoms with E-state index in [-0.39, 0.29) is 4.90 Å². The summed E-state index contributed by atoms with van der Waals surface area (Å²) < 4.78 is 27.6. The van der Waals surface area contributed by atoms with E-state index in [1.807, 2.05) is 30.3 Å². The highest BCUT2D eigenvalue weighted by molar-refractivity contribution is 7.89. The van der Waals surface area contributed by atoms with Gasteiger partial charge in [-0.3, -0.25) is 9.59 Å². The Morgan fingerprint density at radius 2 is 1.70 bits per heavy atom. The fraction of sp³-hybridized carbons (Fsp3) is 0.158. The molecule has 0 bridgehead atoms. The van der Waals surface area contributed by atoms with Crippen LogP contribution in [0.3, 0.4) is 0 Å². The lowest BCUT2D eigenvalue weighted by Gasteiger charge is -2.28. The normalized spacial score (nSPS) is 19.8. The van der Waals surface area contributed by atoms with E-state index in [1.165, 1.54) is 19.2 Å². The second-order valence-corrected chi connectivity index (χ2v) is 7.64. The van der Waals surface area contributed by atoms with Crippen LogP contribution in [-0.2, 0) is 24.3 Å². The maximum Gasteiger partial charge on any atom is 0.319 e. The average molecular weight is 386 g/mol. The first-order chi connectivity index (χ1) is 12.8. The molecule has 0 saturated heterocycles. The highest BCUT2D eigenvalue weighted by atomic mass is 32.2. The lowest BCUT2D eigenvalue weighted by atomic mass is 9.81. The molecule has 0 aliphatic carbocycles. The van der Waals surface area contributed by atoms with Crippen LogP contribution in [0.4, 0.5) is 0 Å². The summed E-state index contributed by atoms with van der Waals surface area (Å²) in [6, 6.07) is 15.0. The molecule has 140 valence electrons. The van der Waals surface area contributed by atoms with Gasteiger partial charge in [-0.1, -0.05) is 48.5 Å². The fourth-order valence-corrected chi connectivity index (χ4v) is 3.54. The molecular weight excluding hydrogens is 368 g/mol. The maximum atomic E-state index is 12.6. The van der Waals surface area contributed by atoms with Crippen LogP contribution in [0, 0.1) is 5.92 Å². The molecule has 3 rings (SSSR count). The molecule has 27 heavy (non-hydrogen) atoms. The summed E-state index contributed by atoms with van der Waals surface area (Å²) >= 11 is 0. The van der Waals surface area contributed by atoms with Gasteiger partial charge in [0.05, 0.1) is 12.0 Å². The number of methoxy groups -OCH3 is 1. The molecule has 2 aromatic rings. The highest BCUT2D eigenvalue weighted by Gasteiger charge is 2.39. The van der Waals surface area contributed by atoms with E-state index in [0.29, 0.717) is 11.3 Å². The Kier molecular flexibility index (Phi) is 5.11. The van der Waals surface area contributed by atoms with Crippen LogP contribution in [0.15, 0.2) is 65.6 Å². The Bertz CT molecular complexity index is 998. The predicted octanol–water partition coefficient (Wildman–Crippen LogP) is 1.38. The number of hydrogen-bond donors (Lipinski definition) is 2. The standard InChI is InChI=1S/C19H18N2O5S/c1-26-19(23)17-15(12-5-3-2-4-6-12)11-16(21-18(17)22)13-7-9-14(10-8-13)27(20,24)25/h2-11,15,17H,1H3,(H,21,22)(H2,20,24,25). The van der Waals surface area contributed by atoms with Crippen LogP contribution in [0.2, 0.25) is 0 Å². The van der Waals surface area contributed by atoms with Gasteiger partial charge in [-0.2, -0.15) is 0 Å². The second kappa shape index (κ2) is 7.34. The minimum Gasteiger partial charge on any atom is -0.468 e. The third-order valence-electron chi connectivity index (χ3n) is 4.38. The zero-order valence-corrected chi connectivity index (χ0v) is 15.3. The van der Waals surface area contributed by atoms with Crippen LogP contribution >= 0.6 is 0 Å². The van der Waals surface area contributed by atoms with Gasteiger partial charge in [0.25, 0.3) is 0 Å². The molecule has 3 N–H and O–H groups in total. The molecule has 1 amide bonds. The third-order valence-corrected chi connectivity index (χ3v) is 5.31. The van der Waals surface area contributed by atoms with Gasteiger partial charge in [-0.15, -0.1) is 0 Å². The van der Waals surface area contributed by atoms with E-state index in [9.17, 15) is 18.0 Å². The fourth-order valence-electron chi connectivity index (χ4n) is 3.03. The Labute approximate surface area is 156 Å². The summed E-state index contributed by atoms with van der Waals surface area (Å²) in [6.45, 7) is 0. The van der Waals surface area contributed by atoms with Crippen LogP contribution in [-0.4, -0.2) is 27.4 Å². The number of esters is 1. The van der Waals surface area contributed by atoms with Crippen molar-refractivity contribution in [2.24, 2.45) is 11.1 Å². The van der Waals surface area contributed by atoms with Crippen molar-refractivity contribution in [3.8, 4) is 0 Å². The van der Waals surface area contributed by atoms with Crippen LogP contribution < -0.4 is 10.5 Å². The summed E-state index contributed by atoms with van der Waals surface area (Å²) in [6.07, 6.45) is 1.77. The van der Waals surface area contributed by atoms with Crippen molar-refractivity contribution < 1.29 is 22.7 Å². The molecule has 2 atom stereocenters. The van der Waals surface area contributed by atoms with Crippen molar-refractivity contribution in [1.29, 1.82) is 0 Å². The largest absolute Gasteiger partial charge is 0.468 e. The van der Waals surface area contributed by atoms with Crippen molar-refractivity contribution in [3.05, 3.63) is 71.8 Å². The van der Waals surface area contributed by atoms with Gasteiger partial charge in [-0.05, 0) is 23.3 Å². The van der Waals surface area contributed by atoms with E-state index >= 15 is 0 Å². The number of nitrogens with one attached hydrogen (secondary N) is 1. The van der Waals surface area contributed by atoms with Gasteiger partial charge in [0.1, 0.15) is 5.92 Å². The number of nitrogens with two attached hydrogens (primary N) is 1. The second-order valence-electron chi connectivity index (χ2n) is 6.08. The molecule has 7 nitrogen and oxygen atoms in total. The highest BCUT2D eigenvalue weighted by Crippen LogP contribution is 2.34. The number of carbonyl (C=O) groups is 2. The Morgan fingerprint density at radius 1 is 1.07 bits per heavy atom. The Morgan fingerprint density at radius 3 is 2.26 bits per heavy atom. The first-order valence-corrected chi connectivity index (χ1v) is 9.64. The third kappa shape index (κ3) is 3.91. The van der Waals surface area contributed by atoms with Gasteiger partial charge in [-0.25, -0.2) is 13.6 Å². The first kappa shape index (κ1) is 18.8. The number of allylic oxidation sites excluding steroid dienone is 1. The Balaban J connectivity index is 2.05. The molecule has 1 heterocycles. The molecular formula is C19H18N2O5S. The number of hydrogen-bond acceptors (Lipinski definition) is 5. The monoisotopic (exact) mass is 386 g/mol. The van der Waals surface area contributed by atoms with Crippen molar-refractivity contribution in [2.75, 3.05) is 7.11 Å². The van der Waals surface area contributed by atoms with Crippen LogP contribution in [0.1, 0.15) is 17.0 Å². The van der Waals surface area contributed by atoms with E-state index in [2.05, 4.69) is 5.32 Å². The zero-order chi connectivity index (χ0) is 19.6. The van der Waals surface area contributed by atoms with Crippen LogP contribution in [0.5, 0.6) is 0 Å². The minimum atomic E-state index is -3.81. The van der Waals surface area contributed by atoms with Crippen molar-refractivity contribution in [3.63, 3.8) is 0 Å². The number of primary sulfonamides is 1. The van der Waals surface area contributed by atoms with Gasteiger partial charge >= 0.3 is 5.97 Å². The van der Waals surface area contributed by atoms with Crippen LogP contribution in [0.25, 0.3) is 5.70 Å².